The molecule has 1 saturated heterocycles. The molecule has 0 aromatic rings. The first kappa shape index (κ1) is 9.50. The van der Waals surface area contributed by atoms with Gasteiger partial charge in [0.2, 0.25) is 11.8 Å². The standard InChI is InChI=1S/C7H10N2O4/c1-3-6(12)9-4(2-5(10)11)7(13)8-3/h3-4H,2H2,1H3,(H,8,13)(H,9,12)(H,10,11)/t3-,4+/m0/s1. The third kappa shape index (κ3) is 2.17. The Labute approximate surface area is 74.3 Å². The van der Waals surface area contributed by atoms with E-state index in [0.29, 0.717) is 0 Å². The molecule has 0 bridgehead atoms. The number of piperazine rings is 1. The number of carboxylic acids is 1. The maximum atomic E-state index is 11.1. The van der Waals surface area contributed by atoms with Gasteiger partial charge in [0.25, 0.3) is 0 Å². The van der Waals surface area contributed by atoms with Gasteiger partial charge in [-0.2, -0.15) is 0 Å². The molecule has 1 fully saturated rings. The van der Waals surface area contributed by atoms with Gasteiger partial charge in [-0.3, -0.25) is 14.4 Å². The van der Waals surface area contributed by atoms with E-state index in [9.17, 15) is 14.4 Å². The highest BCUT2D eigenvalue weighted by Crippen LogP contribution is 2.00. The summed E-state index contributed by atoms with van der Waals surface area (Å²) in [5.74, 6) is -1.92. The van der Waals surface area contributed by atoms with E-state index in [1.165, 1.54) is 6.92 Å². The fraction of sp³-hybridized carbons (Fsp3) is 0.571. The van der Waals surface area contributed by atoms with Gasteiger partial charge < -0.3 is 15.7 Å². The average Bonchev–Trinajstić information content (AvgIpc) is 1.99. The summed E-state index contributed by atoms with van der Waals surface area (Å²) in [5.41, 5.74) is 0. The topological polar surface area (TPSA) is 95.5 Å². The number of aliphatic carboxylic acids is 1. The Balaban J connectivity index is 2.61. The average molecular weight is 186 g/mol. The van der Waals surface area contributed by atoms with Crippen molar-refractivity contribution in [2.75, 3.05) is 0 Å². The second kappa shape index (κ2) is 3.42. The lowest BCUT2D eigenvalue weighted by Gasteiger charge is -2.26. The van der Waals surface area contributed by atoms with Gasteiger partial charge in [0.15, 0.2) is 0 Å². The molecule has 0 spiro atoms. The zero-order valence-corrected chi connectivity index (χ0v) is 7.03. The summed E-state index contributed by atoms with van der Waals surface area (Å²) in [7, 11) is 0. The molecular weight excluding hydrogens is 176 g/mol. The maximum absolute atomic E-state index is 11.1. The van der Waals surface area contributed by atoms with Crippen LogP contribution in [0.25, 0.3) is 0 Å². The van der Waals surface area contributed by atoms with E-state index < -0.39 is 24.0 Å². The number of carboxylic acid groups (broad SMARTS) is 1. The van der Waals surface area contributed by atoms with Crippen LogP contribution in [0.2, 0.25) is 0 Å². The molecule has 13 heavy (non-hydrogen) atoms. The van der Waals surface area contributed by atoms with Crippen molar-refractivity contribution in [2.24, 2.45) is 0 Å². The minimum absolute atomic E-state index is 0.356. The quantitative estimate of drug-likeness (QED) is 0.487. The van der Waals surface area contributed by atoms with Crippen molar-refractivity contribution in [1.82, 2.24) is 10.6 Å². The molecule has 1 heterocycles. The maximum Gasteiger partial charge on any atom is 0.305 e. The number of carbonyl (C=O) groups excluding carboxylic acids is 2. The number of hydrogen-bond donors (Lipinski definition) is 3. The lowest BCUT2D eigenvalue weighted by atomic mass is 10.1. The van der Waals surface area contributed by atoms with E-state index >= 15 is 0 Å². The van der Waals surface area contributed by atoms with Crippen molar-refractivity contribution < 1.29 is 19.5 Å². The largest absolute Gasteiger partial charge is 0.481 e. The summed E-state index contributed by atoms with van der Waals surface area (Å²) in [5, 5.41) is 13.1. The molecule has 1 rings (SSSR count). The molecule has 0 radical (unpaired) electrons. The monoisotopic (exact) mass is 186 g/mol. The molecule has 2 atom stereocenters. The molecule has 0 aromatic carbocycles. The van der Waals surface area contributed by atoms with E-state index in [4.69, 9.17) is 5.11 Å². The van der Waals surface area contributed by atoms with Crippen LogP contribution >= 0.6 is 0 Å². The van der Waals surface area contributed by atoms with Crippen molar-refractivity contribution in [3.63, 3.8) is 0 Å². The Bertz CT molecular complexity index is 263. The van der Waals surface area contributed by atoms with Gasteiger partial charge in [-0.05, 0) is 6.92 Å². The van der Waals surface area contributed by atoms with Crippen LogP contribution in [-0.4, -0.2) is 35.0 Å². The van der Waals surface area contributed by atoms with Crippen molar-refractivity contribution >= 4 is 17.8 Å². The molecule has 3 N–H and O–H groups in total. The van der Waals surface area contributed by atoms with Crippen molar-refractivity contribution in [2.45, 2.75) is 25.4 Å². The van der Waals surface area contributed by atoms with Crippen LogP contribution in [0.1, 0.15) is 13.3 Å². The summed E-state index contributed by atoms with van der Waals surface area (Å²) < 4.78 is 0. The highest BCUT2D eigenvalue weighted by Gasteiger charge is 2.32. The second-order valence-electron chi connectivity index (χ2n) is 2.89. The molecule has 2 amide bonds. The van der Waals surface area contributed by atoms with Gasteiger partial charge in [-0.25, -0.2) is 0 Å². The second-order valence-corrected chi connectivity index (χ2v) is 2.89. The Kier molecular flexibility index (Phi) is 2.50. The molecule has 1 aliphatic heterocycles. The van der Waals surface area contributed by atoms with E-state index in [2.05, 4.69) is 10.6 Å². The molecule has 0 aromatic heterocycles. The van der Waals surface area contributed by atoms with Gasteiger partial charge in [-0.15, -0.1) is 0 Å². The van der Waals surface area contributed by atoms with Crippen LogP contribution in [0.15, 0.2) is 0 Å². The number of hydrogen-bond acceptors (Lipinski definition) is 3. The highest BCUT2D eigenvalue weighted by molar-refractivity contribution is 5.98. The summed E-state index contributed by atoms with van der Waals surface area (Å²) in [6.07, 6.45) is -0.385. The van der Waals surface area contributed by atoms with Crippen LogP contribution in [0.4, 0.5) is 0 Å². The van der Waals surface area contributed by atoms with Gasteiger partial charge in [0.1, 0.15) is 12.1 Å². The molecule has 6 nitrogen and oxygen atoms in total. The SMILES string of the molecule is C[C@@H]1NC(=O)[C@@H](CC(=O)O)NC1=O. The van der Waals surface area contributed by atoms with E-state index in [1.54, 1.807) is 0 Å². The number of carbonyl (C=O) groups is 3. The Hall–Kier alpha value is -1.59. The van der Waals surface area contributed by atoms with Gasteiger partial charge in [-0.1, -0.05) is 0 Å². The Morgan fingerprint density at radius 2 is 2.00 bits per heavy atom. The van der Waals surface area contributed by atoms with Crippen LogP contribution in [0, 0.1) is 0 Å². The predicted octanol–water partition coefficient (Wildman–Crippen LogP) is -1.54. The minimum Gasteiger partial charge on any atom is -0.481 e. The molecule has 6 heteroatoms. The summed E-state index contributed by atoms with van der Waals surface area (Å²) in [4.78, 5) is 32.4. The zero-order valence-electron chi connectivity index (χ0n) is 7.03. The molecule has 1 aliphatic rings. The normalized spacial score (nSPS) is 27.8. The van der Waals surface area contributed by atoms with Crippen molar-refractivity contribution in [3.8, 4) is 0 Å². The van der Waals surface area contributed by atoms with Crippen molar-refractivity contribution in [3.05, 3.63) is 0 Å². The third-order valence-electron chi connectivity index (χ3n) is 1.76. The van der Waals surface area contributed by atoms with Gasteiger partial charge in [0.05, 0.1) is 6.42 Å². The fourth-order valence-corrected chi connectivity index (χ4v) is 1.06. The number of nitrogens with one attached hydrogen (secondary N) is 2. The lowest BCUT2D eigenvalue weighted by molar-refractivity contribution is -0.143. The molecule has 0 unspecified atom stereocenters. The molecule has 72 valence electrons. The van der Waals surface area contributed by atoms with Crippen molar-refractivity contribution in [1.29, 1.82) is 0 Å². The number of rotatable bonds is 2. The first-order valence-corrected chi connectivity index (χ1v) is 3.83. The Morgan fingerprint density at radius 3 is 2.54 bits per heavy atom. The van der Waals surface area contributed by atoms with E-state index in [0.717, 1.165) is 0 Å². The van der Waals surface area contributed by atoms with Crippen LogP contribution in [-0.2, 0) is 14.4 Å². The highest BCUT2D eigenvalue weighted by atomic mass is 16.4. The summed E-state index contributed by atoms with van der Waals surface area (Å²) in [6, 6.07) is -1.53. The fourth-order valence-electron chi connectivity index (χ4n) is 1.06. The predicted molar refractivity (Wildman–Crippen MR) is 41.8 cm³/mol. The first-order chi connectivity index (χ1) is 6.00. The summed E-state index contributed by atoms with van der Waals surface area (Å²) in [6.45, 7) is 1.53. The lowest BCUT2D eigenvalue weighted by Crippen LogP contribution is -2.61. The van der Waals surface area contributed by atoms with Crippen LogP contribution in [0.5, 0.6) is 0 Å². The van der Waals surface area contributed by atoms with Gasteiger partial charge >= 0.3 is 5.97 Å². The van der Waals surface area contributed by atoms with Crippen LogP contribution in [0.3, 0.4) is 0 Å². The molecule has 0 aliphatic carbocycles. The smallest absolute Gasteiger partial charge is 0.305 e. The molecular formula is C7H10N2O4. The van der Waals surface area contributed by atoms with Gasteiger partial charge in [0, 0.05) is 0 Å². The van der Waals surface area contributed by atoms with E-state index in [1.807, 2.05) is 0 Å². The third-order valence-corrected chi connectivity index (χ3v) is 1.76. The van der Waals surface area contributed by atoms with Crippen LogP contribution < -0.4 is 10.6 Å². The number of amides is 2. The zero-order chi connectivity index (χ0) is 10.0. The minimum atomic E-state index is -1.12. The molecule has 0 saturated carbocycles. The van der Waals surface area contributed by atoms with E-state index in [-0.39, 0.29) is 12.3 Å². The Morgan fingerprint density at radius 1 is 1.38 bits per heavy atom. The summed E-state index contributed by atoms with van der Waals surface area (Å²) >= 11 is 0. The first-order valence-electron chi connectivity index (χ1n) is 3.83.